The fourth-order valence-electron chi connectivity index (χ4n) is 4.00. The number of fused-ring (bicyclic) bond motifs is 1. The number of anilines is 2. The van der Waals surface area contributed by atoms with Crippen LogP contribution < -0.4 is 10.0 Å². The Bertz CT molecular complexity index is 1440. The summed E-state index contributed by atoms with van der Waals surface area (Å²) in [6.07, 6.45) is 5.41. The number of nitrogens with one attached hydrogen (secondary N) is 2. The second kappa shape index (κ2) is 9.34. The highest BCUT2D eigenvalue weighted by molar-refractivity contribution is 7.92. The van der Waals surface area contributed by atoms with E-state index in [-0.39, 0.29) is 16.5 Å². The fraction of sp³-hybridized carbons (Fsp3) is 0.154. The molecule has 2 heterocycles. The van der Waals surface area contributed by atoms with E-state index < -0.39 is 15.8 Å². The van der Waals surface area contributed by atoms with Gasteiger partial charge in [-0.25, -0.2) is 17.8 Å². The molecule has 1 aliphatic rings. The third-order valence-corrected chi connectivity index (χ3v) is 7.27. The molecule has 0 unspecified atom stereocenters. The summed E-state index contributed by atoms with van der Waals surface area (Å²) in [5.74, 6) is 0.297. The molecule has 0 radical (unpaired) electrons. The van der Waals surface area contributed by atoms with Gasteiger partial charge in [0.1, 0.15) is 11.6 Å². The van der Waals surface area contributed by atoms with Crippen LogP contribution in [0.25, 0.3) is 11.3 Å². The molecule has 0 saturated heterocycles. The maximum Gasteiger partial charge on any atom is 0.261 e. The van der Waals surface area contributed by atoms with Crippen LogP contribution in [0, 0.1) is 5.82 Å². The number of aryl methyl sites for hydroxylation is 2. The molecular formula is C26H23FN4O3S. The molecule has 7 nitrogen and oxygen atoms in total. The maximum absolute atomic E-state index is 13.0. The van der Waals surface area contributed by atoms with E-state index in [0.29, 0.717) is 11.3 Å². The van der Waals surface area contributed by atoms with Gasteiger partial charge in [-0.05, 0) is 73.5 Å². The van der Waals surface area contributed by atoms with Crippen molar-refractivity contribution in [1.82, 2.24) is 9.55 Å². The van der Waals surface area contributed by atoms with E-state index in [1.165, 1.54) is 61.4 Å². The fourth-order valence-corrected chi connectivity index (χ4v) is 5.06. The molecule has 0 bridgehead atoms. The minimum atomic E-state index is -3.87. The first-order valence-electron chi connectivity index (χ1n) is 11.2. The zero-order valence-corrected chi connectivity index (χ0v) is 19.6. The van der Waals surface area contributed by atoms with Crippen LogP contribution in [0.15, 0.2) is 83.9 Å². The van der Waals surface area contributed by atoms with Gasteiger partial charge < -0.3 is 9.88 Å². The third kappa shape index (κ3) is 5.09. The van der Waals surface area contributed by atoms with Crippen molar-refractivity contribution in [3.8, 4) is 11.3 Å². The van der Waals surface area contributed by atoms with Crippen LogP contribution in [0.4, 0.5) is 15.8 Å². The molecule has 3 aromatic carbocycles. The Kier molecular flexibility index (Phi) is 6.08. The predicted molar refractivity (Wildman–Crippen MR) is 132 cm³/mol. The van der Waals surface area contributed by atoms with Gasteiger partial charge in [-0.1, -0.05) is 12.1 Å². The van der Waals surface area contributed by atoms with Crippen molar-refractivity contribution >= 4 is 27.3 Å². The van der Waals surface area contributed by atoms with Gasteiger partial charge in [0.25, 0.3) is 15.9 Å². The van der Waals surface area contributed by atoms with Crippen molar-refractivity contribution in [2.24, 2.45) is 0 Å². The highest BCUT2D eigenvalue weighted by Crippen LogP contribution is 2.24. The molecule has 1 amide bonds. The monoisotopic (exact) mass is 490 g/mol. The maximum atomic E-state index is 13.0. The van der Waals surface area contributed by atoms with Gasteiger partial charge in [-0.3, -0.25) is 9.52 Å². The first kappa shape index (κ1) is 22.8. The lowest BCUT2D eigenvalue weighted by atomic mass is 10.1. The Hall–Kier alpha value is -3.98. The summed E-state index contributed by atoms with van der Waals surface area (Å²) in [6, 6.07) is 18.1. The topological polar surface area (TPSA) is 93.1 Å². The normalized spacial score (nSPS) is 13.2. The van der Waals surface area contributed by atoms with Gasteiger partial charge in [-0.2, -0.15) is 0 Å². The van der Waals surface area contributed by atoms with Gasteiger partial charge >= 0.3 is 0 Å². The molecule has 178 valence electrons. The van der Waals surface area contributed by atoms with Crippen molar-refractivity contribution in [1.29, 1.82) is 0 Å². The average molecular weight is 491 g/mol. The first-order chi connectivity index (χ1) is 16.9. The number of aromatic nitrogens is 2. The molecular weight excluding hydrogens is 467 g/mol. The number of carbonyl (C=O) groups excluding carboxylic acids is 1. The smallest absolute Gasteiger partial charge is 0.261 e. The van der Waals surface area contributed by atoms with Crippen molar-refractivity contribution in [3.63, 3.8) is 0 Å². The van der Waals surface area contributed by atoms with Crippen molar-refractivity contribution in [2.45, 2.75) is 30.7 Å². The Morgan fingerprint density at radius 1 is 0.886 bits per heavy atom. The molecule has 0 saturated carbocycles. The van der Waals surface area contributed by atoms with Gasteiger partial charge in [0.2, 0.25) is 0 Å². The number of hydrogen-bond donors (Lipinski definition) is 2. The van der Waals surface area contributed by atoms with E-state index in [0.717, 1.165) is 30.0 Å². The van der Waals surface area contributed by atoms with Crippen LogP contribution in [0.5, 0.6) is 0 Å². The van der Waals surface area contributed by atoms with Gasteiger partial charge in [0.15, 0.2) is 0 Å². The van der Waals surface area contributed by atoms with E-state index in [1.807, 2.05) is 24.3 Å². The molecule has 5 rings (SSSR count). The number of benzene rings is 3. The van der Waals surface area contributed by atoms with Gasteiger partial charge in [-0.15, -0.1) is 0 Å². The Morgan fingerprint density at radius 2 is 1.57 bits per heavy atom. The second-order valence-corrected chi connectivity index (χ2v) is 10.0. The predicted octanol–water partition coefficient (Wildman–Crippen LogP) is 5.08. The molecule has 9 heteroatoms. The molecule has 0 spiro atoms. The number of rotatable bonds is 6. The molecule has 0 aliphatic carbocycles. The van der Waals surface area contributed by atoms with E-state index >= 15 is 0 Å². The van der Waals surface area contributed by atoms with Crippen LogP contribution in [-0.2, 0) is 23.0 Å². The lowest BCUT2D eigenvalue weighted by Gasteiger charge is -2.11. The van der Waals surface area contributed by atoms with Crippen LogP contribution in [-0.4, -0.2) is 23.9 Å². The highest BCUT2D eigenvalue weighted by atomic mass is 32.2. The quantitative estimate of drug-likeness (QED) is 0.394. The molecule has 1 aliphatic heterocycles. The summed E-state index contributed by atoms with van der Waals surface area (Å²) in [6.45, 7) is 0.999. The van der Waals surface area contributed by atoms with Gasteiger partial charge in [0.05, 0.1) is 10.6 Å². The Morgan fingerprint density at radius 3 is 2.26 bits per heavy atom. The number of carbonyl (C=O) groups is 1. The first-order valence-corrected chi connectivity index (χ1v) is 12.7. The molecule has 1 aromatic heterocycles. The third-order valence-electron chi connectivity index (χ3n) is 5.87. The van der Waals surface area contributed by atoms with Crippen LogP contribution in [0.2, 0.25) is 0 Å². The molecule has 0 atom stereocenters. The zero-order valence-electron chi connectivity index (χ0n) is 18.7. The molecule has 4 aromatic rings. The van der Waals surface area contributed by atoms with E-state index in [1.54, 1.807) is 0 Å². The number of hydrogen-bond acceptors (Lipinski definition) is 4. The van der Waals surface area contributed by atoms with E-state index in [9.17, 15) is 17.6 Å². The lowest BCUT2D eigenvalue weighted by molar-refractivity contribution is 0.102. The average Bonchev–Trinajstić information content (AvgIpc) is 3.30. The lowest BCUT2D eigenvalue weighted by Crippen LogP contribution is -2.14. The summed E-state index contributed by atoms with van der Waals surface area (Å²) in [4.78, 5) is 17.4. The number of imidazole rings is 1. The molecule has 2 N–H and O–H groups in total. The minimum absolute atomic E-state index is 0.00880. The summed E-state index contributed by atoms with van der Waals surface area (Å²) in [5.41, 5.74) is 3.08. The second-order valence-electron chi connectivity index (χ2n) is 8.36. The summed E-state index contributed by atoms with van der Waals surface area (Å²) in [5, 5.41) is 2.82. The Balaban J connectivity index is 1.24. The standard InChI is InChI=1S/C26H23FN4O3S/c27-20-8-12-22(13-9-20)30-35(33,34)23-14-6-19(7-15-23)26(32)28-21-10-4-18(5-11-21)24-17-31-16-2-1-3-25(31)29-24/h4-15,17,30H,1-3,16H2,(H,28,32). The largest absolute Gasteiger partial charge is 0.334 e. The van der Waals surface area contributed by atoms with Crippen molar-refractivity contribution in [2.75, 3.05) is 10.0 Å². The highest BCUT2D eigenvalue weighted by Gasteiger charge is 2.16. The van der Waals surface area contributed by atoms with Crippen LogP contribution in [0.1, 0.15) is 29.0 Å². The number of nitrogens with zero attached hydrogens (tertiary/aromatic N) is 2. The number of amides is 1. The van der Waals surface area contributed by atoms with Gasteiger partial charge in [0, 0.05) is 41.7 Å². The van der Waals surface area contributed by atoms with E-state index in [4.69, 9.17) is 4.98 Å². The van der Waals surface area contributed by atoms with E-state index in [2.05, 4.69) is 20.8 Å². The zero-order chi connectivity index (χ0) is 24.4. The van der Waals surface area contributed by atoms with Crippen molar-refractivity contribution < 1.29 is 17.6 Å². The summed E-state index contributed by atoms with van der Waals surface area (Å²) < 4.78 is 42.7. The van der Waals surface area contributed by atoms with Crippen LogP contribution >= 0.6 is 0 Å². The summed E-state index contributed by atoms with van der Waals surface area (Å²) >= 11 is 0. The number of sulfonamides is 1. The van der Waals surface area contributed by atoms with Crippen molar-refractivity contribution in [3.05, 3.63) is 96.2 Å². The SMILES string of the molecule is O=C(Nc1ccc(-c2cn3c(n2)CCCC3)cc1)c1ccc(S(=O)(=O)Nc2ccc(F)cc2)cc1. The molecule has 35 heavy (non-hydrogen) atoms. The van der Waals surface area contributed by atoms with Crippen LogP contribution in [0.3, 0.4) is 0 Å². The Labute approximate surface area is 202 Å². The minimum Gasteiger partial charge on any atom is -0.334 e. The number of halogens is 1. The molecule has 0 fully saturated rings. The summed E-state index contributed by atoms with van der Waals surface area (Å²) in [7, 11) is -3.87.